The predicted molar refractivity (Wildman–Crippen MR) is 113 cm³/mol. The highest BCUT2D eigenvalue weighted by Crippen LogP contribution is 2.35. The number of rotatable bonds is 5. The minimum atomic E-state index is -0.772. The van der Waals surface area contributed by atoms with E-state index in [1.165, 1.54) is 47.7 Å². The summed E-state index contributed by atoms with van der Waals surface area (Å²) in [5, 5.41) is 2.25. The third kappa shape index (κ3) is 3.63. The second-order valence-electron chi connectivity index (χ2n) is 6.28. The first kappa shape index (κ1) is 20.3. The molecule has 0 saturated carbocycles. The number of hydrogen-bond donors (Lipinski definition) is 0. The number of anilines is 1. The van der Waals surface area contributed by atoms with Crippen LogP contribution in [-0.2, 0) is 4.74 Å². The maximum absolute atomic E-state index is 12.8. The quantitative estimate of drug-likeness (QED) is 0.308. The monoisotopic (exact) mass is 459 g/mol. The Morgan fingerprint density at radius 3 is 2.43 bits per heavy atom. The summed E-state index contributed by atoms with van der Waals surface area (Å²) in [4.78, 5) is 51.3. The molecule has 2 heterocycles. The molecule has 1 aliphatic rings. The van der Waals surface area contributed by atoms with Crippen LogP contribution in [-0.4, -0.2) is 30.2 Å². The largest absolute Gasteiger partial charge is 0.454 e. The summed E-state index contributed by atoms with van der Waals surface area (Å²) in [5.74, 6) is -2.28. The first-order valence-electron chi connectivity index (χ1n) is 8.58. The molecule has 0 bridgehead atoms. The zero-order valence-corrected chi connectivity index (χ0v) is 17.4. The van der Waals surface area contributed by atoms with E-state index < -0.39 is 24.4 Å². The van der Waals surface area contributed by atoms with E-state index in [0.29, 0.717) is 9.90 Å². The Hall–Kier alpha value is -3.00. The molecule has 6 nitrogen and oxygen atoms in total. The highest BCUT2D eigenvalue weighted by atomic mass is 35.5. The van der Waals surface area contributed by atoms with Crippen molar-refractivity contribution in [1.82, 2.24) is 0 Å². The molecule has 0 atom stereocenters. The summed E-state index contributed by atoms with van der Waals surface area (Å²) in [5.41, 5.74) is 0.429. The summed E-state index contributed by atoms with van der Waals surface area (Å²) in [6.07, 6.45) is 0. The van der Waals surface area contributed by atoms with Crippen molar-refractivity contribution in [3.63, 3.8) is 0 Å². The Bertz CT molecular complexity index is 1210. The minimum absolute atomic E-state index is 0.0463. The first-order valence-corrected chi connectivity index (χ1v) is 10.2. The second-order valence-corrected chi connectivity index (χ2v) is 8.07. The van der Waals surface area contributed by atoms with Gasteiger partial charge in [-0.15, -0.1) is 11.3 Å². The Labute approximate surface area is 184 Å². The summed E-state index contributed by atoms with van der Waals surface area (Å²) < 4.78 is 5.05. The van der Waals surface area contributed by atoms with Crippen molar-refractivity contribution >= 4 is 63.8 Å². The molecule has 0 spiro atoms. The zero-order chi connectivity index (χ0) is 21.4. The summed E-state index contributed by atoms with van der Waals surface area (Å²) in [6.45, 7) is -0.421. The fourth-order valence-electron chi connectivity index (χ4n) is 2.97. The third-order valence-electron chi connectivity index (χ3n) is 4.40. The molecule has 0 fully saturated rings. The van der Waals surface area contributed by atoms with Gasteiger partial charge in [-0.3, -0.25) is 14.4 Å². The first-order chi connectivity index (χ1) is 14.4. The van der Waals surface area contributed by atoms with Gasteiger partial charge in [-0.2, -0.15) is 0 Å². The van der Waals surface area contributed by atoms with Crippen LogP contribution in [0.25, 0.3) is 0 Å². The number of ketones is 1. The number of Topliss-reactive ketones (excluding diaryl/α,β-unsaturated/α-hetero) is 1. The van der Waals surface area contributed by atoms with Crippen LogP contribution < -0.4 is 4.90 Å². The van der Waals surface area contributed by atoms with Crippen molar-refractivity contribution in [2.24, 2.45) is 0 Å². The Balaban J connectivity index is 1.55. The number of esters is 1. The van der Waals surface area contributed by atoms with Gasteiger partial charge < -0.3 is 4.74 Å². The summed E-state index contributed by atoms with van der Waals surface area (Å²) >= 11 is 13.3. The van der Waals surface area contributed by atoms with Gasteiger partial charge in [-0.1, -0.05) is 29.3 Å². The van der Waals surface area contributed by atoms with Crippen LogP contribution in [0.2, 0.25) is 10.0 Å². The predicted octanol–water partition coefficient (Wildman–Crippen LogP) is 4.90. The average molecular weight is 460 g/mol. The van der Waals surface area contributed by atoms with Crippen molar-refractivity contribution in [1.29, 1.82) is 0 Å². The number of fused-ring (bicyclic) bond motifs is 1. The molecular weight excluding hydrogens is 449 g/mol. The van der Waals surface area contributed by atoms with Gasteiger partial charge in [0.05, 0.1) is 32.3 Å². The average Bonchev–Trinajstić information content (AvgIpc) is 3.34. The Morgan fingerprint density at radius 1 is 0.967 bits per heavy atom. The number of carbonyl (C=O) groups excluding carboxylic acids is 4. The molecule has 0 radical (unpaired) electrons. The van der Waals surface area contributed by atoms with E-state index in [2.05, 4.69) is 0 Å². The van der Waals surface area contributed by atoms with Crippen LogP contribution in [0.15, 0.2) is 53.9 Å². The lowest BCUT2D eigenvalue weighted by atomic mass is 10.1. The maximum atomic E-state index is 12.8. The van der Waals surface area contributed by atoms with Crippen LogP contribution in [0, 0.1) is 0 Å². The highest BCUT2D eigenvalue weighted by molar-refractivity contribution is 7.12. The molecule has 150 valence electrons. The third-order valence-corrected chi connectivity index (χ3v) is 5.85. The normalized spacial score (nSPS) is 12.8. The lowest BCUT2D eigenvalue weighted by Gasteiger charge is -2.15. The Kier molecular flexibility index (Phi) is 5.42. The number of benzene rings is 2. The van der Waals surface area contributed by atoms with Crippen molar-refractivity contribution < 1.29 is 23.9 Å². The minimum Gasteiger partial charge on any atom is -0.454 e. The molecular formula is C21H11Cl2NO5S. The van der Waals surface area contributed by atoms with E-state index in [1.807, 2.05) is 0 Å². The van der Waals surface area contributed by atoms with Gasteiger partial charge in [-0.05, 0) is 47.8 Å². The fourth-order valence-corrected chi connectivity index (χ4v) is 4.12. The highest BCUT2D eigenvalue weighted by Gasteiger charge is 2.38. The number of imide groups is 1. The van der Waals surface area contributed by atoms with E-state index in [9.17, 15) is 19.2 Å². The van der Waals surface area contributed by atoms with E-state index in [1.54, 1.807) is 17.5 Å². The van der Waals surface area contributed by atoms with E-state index in [-0.39, 0.29) is 33.2 Å². The number of amides is 2. The standard InChI is InChI=1S/C21H11Cl2NO5S/c22-12-4-6-16(15(23)9-12)24-19(26)13-5-3-11(8-14(13)20(24)27)21(28)29-10-17(25)18-2-1-7-30-18/h1-9H,10H2. The van der Waals surface area contributed by atoms with Crippen molar-refractivity contribution in [3.05, 3.63) is 85.5 Å². The van der Waals surface area contributed by atoms with Crippen LogP contribution in [0.3, 0.4) is 0 Å². The van der Waals surface area contributed by atoms with Gasteiger partial charge in [0.15, 0.2) is 6.61 Å². The molecule has 0 unspecified atom stereocenters. The van der Waals surface area contributed by atoms with Gasteiger partial charge in [0.2, 0.25) is 5.78 Å². The number of thiophene rings is 1. The number of ether oxygens (including phenoxy) is 1. The Morgan fingerprint density at radius 2 is 1.73 bits per heavy atom. The summed E-state index contributed by atoms with van der Waals surface area (Å²) in [6, 6.07) is 11.8. The van der Waals surface area contributed by atoms with E-state index in [0.717, 1.165) is 4.90 Å². The molecule has 9 heteroatoms. The number of nitrogens with zero attached hydrogens (tertiary/aromatic N) is 1. The van der Waals surface area contributed by atoms with Crippen LogP contribution in [0.1, 0.15) is 40.7 Å². The number of halogens is 2. The zero-order valence-electron chi connectivity index (χ0n) is 15.1. The van der Waals surface area contributed by atoms with Gasteiger partial charge in [0.25, 0.3) is 11.8 Å². The summed E-state index contributed by atoms with van der Waals surface area (Å²) in [7, 11) is 0. The van der Waals surface area contributed by atoms with Crippen molar-refractivity contribution in [2.45, 2.75) is 0 Å². The molecule has 0 aliphatic carbocycles. The maximum Gasteiger partial charge on any atom is 0.338 e. The molecule has 2 amide bonds. The fraction of sp³-hybridized carbons (Fsp3) is 0.0476. The molecule has 2 aromatic carbocycles. The molecule has 3 aromatic rings. The van der Waals surface area contributed by atoms with Crippen molar-refractivity contribution in [3.8, 4) is 0 Å². The number of hydrogen-bond acceptors (Lipinski definition) is 6. The van der Waals surface area contributed by atoms with Gasteiger partial charge in [0.1, 0.15) is 0 Å². The smallest absolute Gasteiger partial charge is 0.338 e. The molecule has 0 N–H and O–H groups in total. The molecule has 1 aromatic heterocycles. The van der Waals surface area contributed by atoms with E-state index in [4.69, 9.17) is 27.9 Å². The molecule has 30 heavy (non-hydrogen) atoms. The molecule has 4 rings (SSSR count). The van der Waals surface area contributed by atoms with Crippen LogP contribution in [0.5, 0.6) is 0 Å². The van der Waals surface area contributed by atoms with Crippen LogP contribution >= 0.6 is 34.5 Å². The second kappa shape index (κ2) is 8.02. The molecule has 0 saturated heterocycles. The lowest BCUT2D eigenvalue weighted by molar-refractivity contribution is 0.0475. The van der Waals surface area contributed by atoms with Gasteiger partial charge in [-0.25, -0.2) is 9.69 Å². The topological polar surface area (TPSA) is 80.8 Å². The number of carbonyl (C=O) groups is 4. The molecule has 1 aliphatic heterocycles. The SMILES string of the molecule is O=C(OCC(=O)c1cccs1)c1ccc2c(c1)C(=O)N(c1ccc(Cl)cc1Cl)C2=O. The van der Waals surface area contributed by atoms with E-state index >= 15 is 0 Å². The van der Waals surface area contributed by atoms with Gasteiger partial charge >= 0.3 is 5.97 Å². The van der Waals surface area contributed by atoms with Crippen LogP contribution in [0.4, 0.5) is 5.69 Å². The van der Waals surface area contributed by atoms with Gasteiger partial charge in [0, 0.05) is 5.02 Å². The van der Waals surface area contributed by atoms with Crippen molar-refractivity contribution in [2.75, 3.05) is 11.5 Å². The lowest BCUT2D eigenvalue weighted by Crippen LogP contribution is -2.29.